The molecule has 1 aliphatic heterocycles. The molecule has 2 amide bonds. The van der Waals surface area contributed by atoms with Crippen molar-refractivity contribution in [2.75, 3.05) is 6.54 Å². The molecule has 0 spiro atoms. The maximum atomic E-state index is 12.5. The summed E-state index contributed by atoms with van der Waals surface area (Å²) in [6.07, 6.45) is 0.656. The highest BCUT2D eigenvalue weighted by molar-refractivity contribution is 5.94. The van der Waals surface area contributed by atoms with Gasteiger partial charge in [0, 0.05) is 6.54 Å². The number of rotatable bonds is 3. The number of nitrogens with one attached hydrogen (secondary N) is 1. The van der Waals surface area contributed by atoms with Gasteiger partial charge in [-0.15, -0.1) is 0 Å². The highest BCUT2D eigenvalue weighted by atomic mass is 16.2. The normalized spacial score (nSPS) is 19.9. The van der Waals surface area contributed by atoms with Crippen molar-refractivity contribution in [2.24, 2.45) is 5.41 Å². The third-order valence-corrected chi connectivity index (χ3v) is 3.31. The molecule has 2 rings (SSSR count). The molecular formula is C16H22N2O2. The van der Waals surface area contributed by atoms with Crippen molar-refractivity contribution in [3.63, 3.8) is 0 Å². The number of hydrogen-bond acceptors (Lipinski definition) is 2. The first-order valence-electron chi connectivity index (χ1n) is 6.97. The fraction of sp³-hybridized carbons (Fsp3) is 0.500. The van der Waals surface area contributed by atoms with Crippen LogP contribution >= 0.6 is 0 Å². The first-order valence-corrected chi connectivity index (χ1v) is 6.97. The molecule has 1 aromatic rings. The number of piperazine rings is 1. The van der Waals surface area contributed by atoms with Gasteiger partial charge >= 0.3 is 0 Å². The molecule has 20 heavy (non-hydrogen) atoms. The van der Waals surface area contributed by atoms with E-state index in [0.717, 1.165) is 5.56 Å². The van der Waals surface area contributed by atoms with E-state index in [-0.39, 0.29) is 23.8 Å². The molecule has 0 aromatic heterocycles. The highest BCUT2D eigenvalue weighted by Gasteiger charge is 2.34. The first kappa shape index (κ1) is 14.6. The lowest BCUT2D eigenvalue weighted by Crippen LogP contribution is -2.58. The fourth-order valence-electron chi connectivity index (χ4n) is 2.46. The number of nitrogens with zero attached hydrogens (tertiary/aromatic N) is 1. The third-order valence-electron chi connectivity index (χ3n) is 3.31. The van der Waals surface area contributed by atoms with E-state index in [2.05, 4.69) is 26.1 Å². The van der Waals surface area contributed by atoms with E-state index in [1.807, 2.05) is 30.3 Å². The number of carbonyl (C=O) groups excluding carboxylic acids is 2. The van der Waals surface area contributed by atoms with Crippen molar-refractivity contribution >= 4 is 11.8 Å². The summed E-state index contributed by atoms with van der Waals surface area (Å²) in [5.74, 6) is -0.0573. The van der Waals surface area contributed by atoms with Crippen LogP contribution in [0.2, 0.25) is 0 Å². The Bertz CT molecular complexity index is 491. The zero-order valence-electron chi connectivity index (χ0n) is 12.3. The minimum atomic E-state index is -0.403. The Balaban J connectivity index is 2.09. The molecule has 1 aliphatic rings. The second kappa shape index (κ2) is 5.65. The van der Waals surface area contributed by atoms with Crippen molar-refractivity contribution in [3.05, 3.63) is 35.9 Å². The second-order valence-corrected chi connectivity index (χ2v) is 6.56. The molecule has 1 heterocycles. The summed E-state index contributed by atoms with van der Waals surface area (Å²) in [4.78, 5) is 25.9. The summed E-state index contributed by atoms with van der Waals surface area (Å²) >= 11 is 0. The van der Waals surface area contributed by atoms with Gasteiger partial charge in [0.15, 0.2) is 0 Å². The molecule has 0 saturated carbocycles. The maximum Gasteiger partial charge on any atom is 0.245 e. The summed E-state index contributed by atoms with van der Waals surface area (Å²) in [6, 6.07) is 9.36. The summed E-state index contributed by atoms with van der Waals surface area (Å²) in [5.41, 5.74) is 1.05. The quantitative estimate of drug-likeness (QED) is 0.916. The van der Waals surface area contributed by atoms with Crippen LogP contribution < -0.4 is 5.32 Å². The number of carbonyl (C=O) groups is 2. The van der Waals surface area contributed by atoms with E-state index in [9.17, 15) is 9.59 Å². The molecule has 1 atom stereocenters. The van der Waals surface area contributed by atoms with Gasteiger partial charge in [0.2, 0.25) is 11.8 Å². The Morgan fingerprint density at radius 2 is 1.85 bits per heavy atom. The first-order chi connectivity index (χ1) is 9.35. The average molecular weight is 274 g/mol. The zero-order chi connectivity index (χ0) is 14.8. The molecule has 0 radical (unpaired) electrons. The fourth-order valence-corrected chi connectivity index (χ4v) is 2.46. The van der Waals surface area contributed by atoms with Crippen LogP contribution in [0.5, 0.6) is 0 Å². The second-order valence-electron chi connectivity index (χ2n) is 6.56. The Morgan fingerprint density at radius 1 is 1.20 bits per heavy atom. The minimum absolute atomic E-state index is 0.00334. The Hall–Kier alpha value is -1.84. The zero-order valence-corrected chi connectivity index (χ0v) is 12.3. The van der Waals surface area contributed by atoms with Crippen LogP contribution in [0.25, 0.3) is 0 Å². The largest absolute Gasteiger partial charge is 0.343 e. The summed E-state index contributed by atoms with van der Waals surface area (Å²) in [5, 5.41) is 2.81. The monoisotopic (exact) mass is 274 g/mol. The van der Waals surface area contributed by atoms with Crippen LogP contribution in [0, 0.1) is 5.41 Å². The lowest BCUT2D eigenvalue weighted by molar-refractivity contribution is -0.145. The molecule has 0 aliphatic carbocycles. The van der Waals surface area contributed by atoms with E-state index < -0.39 is 6.04 Å². The van der Waals surface area contributed by atoms with Crippen LogP contribution in [0.4, 0.5) is 0 Å². The van der Waals surface area contributed by atoms with Crippen molar-refractivity contribution in [2.45, 2.75) is 39.8 Å². The highest BCUT2D eigenvalue weighted by Crippen LogP contribution is 2.23. The molecule has 0 bridgehead atoms. The lowest BCUT2D eigenvalue weighted by Gasteiger charge is -2.35. The predicted octanol–water partition coefficient (Wildman–Crippen LogP) is 1.95. The maximum absolute atomic E-state index is 12.5. The van der Waals surface area contributed by atoms with E-state index in [1.54, 1.807) is 4.90 Å². The van der Waals surface area contributed by atoms with Crippen LogP contribution in [0.1, 0.15) is 32.8 Å². The van der Waals surface area contributed by atoms with Gasteiger partial charge in [0.05, 0.1) is 6.54 Å². The van der Waals surface area contributed by atoms with Gasteiger partial charge in [0.25, 0.3) is 0 Å². The van der Waals surface area contributed by atoms with Crippen LogP contribution in [0.15, 0.2) is 30.3 Å². The van der Waals surface area contributed by atoms with Gasteiger partial charge in [-0.25, -0.2) is 0 Å². The molecule has 1 fully saturated rings. The molecule has 1 unspecified atom stereocenters. The van der Waals surface area contributed by atoms with Gasteiger partial charge in [-0.3, -0.25) is 9.59 Å². The molecule has 108 valence electrons. The molecule has 1 N–H and O–H groups in total. The summed E-state index contributed by atoms with van der Waals surface area (Å²) < 4.78 is 0. The molecule has 1 saturated heterocycles. The van der Waals surface area contributed by atoms with Crippen LogP contribution in [-0.2, 0) is 16.1 Å². The summed E-state index contributed by atoms with van der Waals surface area (Å²) in [7, 11) is 0. The van der Waals surface area contributed by atoms with E-state index >= 15 is 0 Å². The van der Waals surface area contributed by atoms with Gasteiger partial charge in [-0.2, -0.15) is 0 Å². The average Bonchev–Trinajstić information content (AvgIpc) is 2.34. The lowest BCUT2D eigenvalue weighted by atomic mass is 9.87. The predicted molar refractivity (Wildman–Crippen MR) is 77.9 cm³/mol. The Labute approximate surface area is 120 Å². The topological polar surface area (TPSA) is 49.4 Å². The van der Waals surface area contributed by atoms with Crippen molar-refractivity contribution in [3.8, 4) is 0 Å². The van der Waals surface area contributed by atoms with E-state index in [1.165, 1.54) is 0 Å². The minimum Gasteiger partial charge on any atom is -0.343 e. The molecule has 4 heteroatoms. The van der Waals surface area contributed by atoms with Crippen molar-refractivity contribution in [1.29, 1.82) is 0 Å². The van der Waals surface area contributed by atoms with Gasteiger partial charge in [0.1, 0.15) is 6.04 Å². The molecule has 1 aromatic carbocycles. The van der Waals surface area contributed by atoms with Crippen LogP contribution in [0.3, 0.4) is 0 Å². The smallest absolute Gasteiger partial charge is 0.245 e. The molecule has 4 nitrogen and oxygen atoms in total. The SMILES string of the molecule is CC(C)(C)CC1NC(=O)CN(Cc2ccccc2)C1=O. The standard InChI is InChI=1S/C16H22N2O2/c1-16(2,3)9-13-15(20)18(11-14(19)17-13)10-12-7-5-4-6-8-12/h4-8,13H,9-11H2,1-3H3,(H,17,19). The summed E-state index contributed by atoms with van der Waals surface area (Å²) in [6.45, 7) is 6.86. The number of benzene rings is 1. The number of amides is 2. The van der Waals surface area contributed by atoms with E-state index in [0.29, 0.717) is 13.0 Å². The van der Waals surface area contributed by atoms with Gasteiger partial charge in [-0.05, 0) is 17.4 Å². The number of hydrogen-bond donors (Lipinski definition) is 1. The Kier molecular flexibility index (Phi) is 4.12. The van der Waals surface area contributed by atoms with Gasteiger partial charge < -0.3 is 10.2 Å². The third kappa shape index (κ3) is 3.83. The molecular weight excluding hydrogens is 252 g/mol. The van der Waals surface area contributed by atoms with Crippen LogP contribution in [-0.4, -0.2) is 29.3 Å². The van der Waals surface area contributed by atoms with E-state index in [4.69, 9.17) is 0 Å². The Morgan fingerprint density at radius 3 is 2.45 bits per heavy atom. The van der Waals surface area contributed by atoms with Crippen molar-refractivity contribution < 1.29 is 9.59 Å². The van der Waals surface area contributed by atoms with Crippen molar-refractivity contribution in [1.82, 2.24) is 10.2 Å². The van der Waals surface area contributed by atoms with Gasteiger partial charge in [-0.1, -0.05) is 51.1 Å².